The van der Waals surface area contributed by atoms with Crippen molar-refractivity contribution < 1.29 is 26.7 Å². The van der Waals surface area contributed by atoms with Crippen LogP contribution in [-0.2, 0) is 11.0 Å². The van der Waals surface area contributed by atoms with Crippen molar-refractivity contribution in [2.75, 3.05) is 31.1 Å². The van der Waals surface area contributed by atoms with Crippen LogP contribution in [0.25, 0.3) is 0 Å². The Hall–Kier alpha value is -2.75. The zero-order valence-electron chi connectivity index (χ0n) is 17.1. The fourth-order valence-electron chi connectivity index (χ4n) is 5.15. The van der Waals surface area contributed by atoms with Crippen molar-refractivity contribution in [1.82, 2.24) is 15.0 Å². The average molecular weight is 452 g/mol. The summed E-state index contributed by atoms with van der Waals surface area (Å²) < 4.78 is 66.5. The Morgan fingerprint density at radius 3 is 2.34 bits per heavy atom. The minimum atomic E-state index is -4.52. The molecule has 0 unspecified atom stereocenters. The minimum Gasteiger partial charge on any atom is -0.357 e. The number of benzene rings is 1. The molecule has 1 aromatic heterocycles. The van der Waals surface area contributed by atoms with E-state index in [0.29, 0.717) is 51.0 Å². The van der Waals surface area contributed by atoms with E-state index in [1.165, 1.54) is 18.2 Å². The Kier molecular flexibility index (Phi) is 4.88. The number of fused-ring (bicyclic) bond motifs is 1. The summed E-state index contributed by atoms with van der Waals surface area (Å²) in [6, 6.07) is 6.72. The maximum Gasteiger partial charge on any atom is 0.433 e. The summed E-state index contributed by atoms with van der Waals surface area (Å²) in [4.78, 5) is 19.0. The van der Waals surface area contributed by atoms with E-state index >= 15 is 0 Å². The molecule has 10 heteroatoms. The van der Waals surface area contributed by atoms with E-state index in [-0.39, 0.29) is 11.7 Å². The largest absolute Gasteiger partial charge is 0.433 e. The number of nitrogens with zero attached hydrogens (tertiary/aromatic N) is 4. The first-order valence-electron chi connectivity index (χ1n) is 10.5. The third kappa shape index (κ3) is 3.50. The van der Waals surface area contributed by atoms with Crippen LogP contribution in [0.15, 0.2) is 36.4 Å². The molecule has 1 amide bonds. The number of aromatic nitrogens is 1. The van der Waals surface area contributed by atoms with Crippen molar-refractivity contribution in [3.8, 4) is 0 Å². The predicted octanol–water partition coefficient (Wildman–Crippen LogP) is 4.17. The van der Waals surface area contributed by atoms with Gasteiger partial charge in [-0.15, -0.1) is 0 Å². The molecular weight excluding hydrogens is 431 g/mol. The van der Waals surface area contributed by atoms with Crippen LogP contribution in [0.5, 0.6) is 0 Å². The minimum absolute atomic E-state index is 0.0821. The summed E-state index contributed by atoms with van der Waals surface area (Å²) in [5.74, 6) is -1.20. The first-order chi connectivity index (χ1) is 15.2. The van der Waals surface area contributed by atoms with Gasteiger partial charge < -0.3 is 4.90 Å². The van der Waals surface area contributed by atoms with Gasteiger partial charge in [-0.2, -0.15) is 13.2 Å². The van der Waals surface area contributed by atoms with Crippen LogP contribution in [-0.4, -0.2) is 47.1 Å². The second kappa shape index (κ2) is 7.40. The summed E-state index contributed by atoms with van der Waals surface area (Å²) in [5, 5.41) is 3.57. The van der Waals surface area contributed by atoms with Crippen molar-refractivity contribution in [2.45, 2.75) is 31.5 Å². The van der Waals surface area contributed by atoms with Gasteiger partial charge in [0.1, 0.15) is 23.1 Å². The number of hydrazine groups is 1. The summed E-state index contributed by atoms with van der Waals surface area (Å²) in [5.41, 5.74) is -1.16. The lowest BCUT2D eigenvalue weighted by Crippen LogP contribution is -2.46. The highest BCUT2D eigenvalue weighted by Crippen LogP contribution is 2.47. The second-order valence-corrected chi connectivity index (χ2v) is 8.69. The van der Waals surface area contributed by atoms with E-state index in [4.69, 9.17) is 0 Å². The molecule has 2 aromatic rings. The van der Waals surface area contributed by atoms with Crippen molar-refractivity contribution in [3.05, 3.63) is 59.3 Å². The van der Waals surface area contributed by atoms with Crippen molar-refractivity contribution in [3.63, 3.8) is 0 Å². The van der Waals surface area contributed by atoms with Gasteiger partial charge in [-0.05, 0) is 49.1 Å². The van der Waals surface area contributed by atoms with E-state index < -0.39 is 35.0 Å². The molecule has 3 aliphatic rings. The monoisotopic (exact) mass is 452 g/mol. The molecule has 3 saturated heterocycles. The second-order valence-electron chi connectivity index (χ2n) is 8.69. The van der Waals surface area contributed by atoms with E-state index in [1.54, 1.807) is 16.0 Å². The molecule has 0 saturated carbocycles. The van der Waals surface area contributed by atoms with Gasteiger partial charge in [-0.3, -0.25) is 9.80 Å². The van der Waals surface area contributed by atoms with Crippen LogP contribution in [0.1, 0.15) is 36.6 Å². The molecule has 1 spiro atoms. The summed E-state index contributed by atoms with van der Waals surface area (Å²) in [6.45, 7) is 1.92. The van der Waals surface area contributed by atoms with E-state index in [1.807, 2.05) is 5.01 Å². The average Bonchev–Trinajstić information content (AvgIpc) is 3.26. The van der Waals surface area contributed by atoms with Gasteiger partial charge in [0.25, 0.3) is 0 Å². The third-order valence-electron chi connectivity index (χ3n) is 6.75. The van der Waals surface area contributed by atoms with E-state index in [2.05, 4.69) is 4.98 Å². The number of carbonyl (C=O) groups is 1. The zero-order valence-corrected chi connectivity index (χ0v) is 17.1. The Morgan fingerprint density at radius 2 is 1.69 bits per heavy atom. The highest BCUT2D eigenvalue weighted by atomic mass is 19.4. The molecule has 1 aromatic carbocycles. The number of hydrogen-bond donors (Lipinski definition) is 0. The van der Waals surface area contributed by atoms with E-state index in [9.17, 15) is 26.7 Å². The van der Waals surface area contributed by atoms with Gasteiger partial charge >= 0.3 is 6.18 Å². The summed E-state index contributed by atoms with van der Waals surface area (Å²) in [6.07, 6.45) is -2.98. The lowest BCUT2D eigenvalue weighted by Gasteiger charge is -2.38. The molecule has 5 nitrogen and oxygen atoms in total. The van der Waals surface area contributed by atoms with Crippen LogP contribution in [0.2, 0.25) is 0 Å². The first-order valence-corrected chi connectivity index (χ1v) is 10.5. The zero-order chi connectivity index (χ0) is 22.7. The number of anilines is 1. The molecule has 3 aliphatic heterocycles. The highest BCUT2D eigenvalue weighted by Gasteiger charge is 2.56. The molecule has 1 atom stereocenters. The van der Waals surface area contributed by atoms with Crippen molar-refractivity contribution >= 4 is 11.7 Å². The maximum atomic E-state index is 13.7. The number of alkyl halides is 3. The number of pyridine rings is 1. The Balaban J connectivity index is 1.33. The van der Waals surface area contributed by atoms with Gasteiger partial charge in [-0.1, -0.05) is 6.07 Å². The fourth-order valence-corrected chi connectivity index (χ4v) is 5.15. The number of hydrogen-bond acceptors (Lipinski definition) is 4. The Bertz CT molecular complexity index is 1030. The molecule has 3 fully saturated rings. The number of halogens is 5. The van der Waals surface area contributed by atoms with Gasteiger partial charge in [-0.25, -0.2) is 18.8 Å². The molecule has 5 rings (SSSR count). The van der Waals surface area contributed by atoms with Crippen LogP contribution in [0.4, 0.5) is 27.8 Å². The lowest BCUT2D eigenvalue weighted by molar-refractivity contribution is -0.143. The maximum absolute atomic E-state index is 13.7. The molecule has 0 N–H and O–H groups in total. The SMILES string of the molecule is O=C1N2[C@H](c3cc(F)cc(F)c3)CCN2CC12CCN(c1cccc(C(F)(F)F)n1)CC2. The normalized spacial score (nSPS) is 23.3. The molecular formula is C22H21F5N4O. The first kappa shape index (κ1) is 21.1. The summed E-state index contributed by atoms with van der Waals surface area (Å²) in [7, 11) is 0. The predicted molar refractivity (Wildman–Crippen MR) is 105 cm³/mol. The van der Waals surface area contributed by atoms with Crippen molar-refractivity contribution in [2.24, 2.45) is 5.41 Å². The third-order valence-corrected chi connectivity index (χ3v) is 6.75. The summed E-state index contributed by atoms with van der Waals surface area (Å²) >= 11 is 0. The van der Waals surface area contributed by atoms with E-state index in [0.717, 1.165) is 12.1 Å². The van der Waals surface area contributed by atoms with Crippen LogP contribution < -0.4 is 4.90 Å². The topological polar surface area (TPSA) is 39.7 Å². The standard InChI is InChI=1S/C22H21F5N4O/c23-15-10-14(11-16(24)12-15)17-4-7-30-13-21(20(32)31(17)30)5-8-29(9-6-21)19-3-1-2-18(28-19)22(25,26)27/h1-3,10-12,17H,4-9,13H2/t17-/m0/s1. The van der Waals surface area contributed by atoms with Crippen LogP contribution in [0, 0.1) is 17.0 Å². The molecule has 4 heterocycles. The number of rotatable bonds is 2. The molecule has 32 heavy (non-hydrogen) atoms. The van der Waals surface area contributed by atoms with Crippen LogP contribution >= 0.6 is 0 Å². The molecule has 0 radical (unpaired) electrons. The lowest BCUT2D eigenvalue weighted by atomic mass is 9.77. The van der Waals surface area contributed by atoms with Gasteiger partial charge in [0.05, 0.1) is 11.5 Å². The Labute approximate surface area is 181 Å². The van der Waals surface area contributed by atoms with Crippen molar-refractivity contribution in [1.29, 1.82) is 0 Å². The molecule has 0 bridgehead atoms. The Morgan fingerprint density at radius 1 is 1.00 bits per heavy atom. The fraction of sp³-hybridized carbons (Fsp3) is 0.455. The highest BCUT2D eigenvalue weighted by molar-refractivity contribution is 5.85. The van der Waals surface area contributed by atoms with Gasteiger partial charge in [0.15, 0.2) is 0 Å². The number of piperidine rings is 1. The molecule has 0 aliphatic carbocycles. The van der Waals surface area contributed by atoms with Crippen LogP contribution in [0.3, 0.4) is 0 Å². The van der Waals surface area contributed by atoms with Gasteiger partial charge in [0.2, 0.25) is 5.91 Å². The smallest absolute Gasteiger partial charge is 0.357 e. The number of amides is 1. The molecule has 170 valence electrons. The number of carbonyl (C=O) groups excluding carboxylic acids is 1. The van der Waals surface area contributed by atoms with Gasteiger partial charge in [0, 0.05) is 32.2 Å². The quantitative estimate of drug-likeness (QED) is 0.642.